The van der Waals surface area contributed by atoms with Gasteiger partial charge in [-0.2, -0.15) is 22.0 Å². The smallest absolute Gasteiger partial charge is 0.397 e. The molecule has 0 amide bonds. The standard InChI is InChI=1S/C18H18F5N3O/c19-17(20)27-10-15-7-12(9-26(15)16-6-5-14(24)8-25-16)11-1-3-13(4-2-11)18(21,22)23/h1-6,8,12,15,17H,7,9-10,24H2/t12?,15-/m0/s1. The minimum absolute atomic E-state index is 0.127. The van der Waals surface area contributed by atoms with Crippen LogP contribution in [0.1, 0.15) is 23.5 Å². The molecular weight excluding hydrogens is 369 g/mol. The van der Waals surface area contributed by atoms with Crippen molar-refractivity contribution in [2.24, 2.45) is 0 Å². The normalized spacial score (nSPS) is 20.4. The number of pyridine rings is 1. The minimum Gasteiger partial charge on any atom is -0.397 e. The van der Waals surface area contributed by atoms with Gasteiger partial charge in [-0.25, -0.2) is 4.98 Å². The van der Waals surface area contributed by atoms with Crippen molar-refractivity contribution in [3.05, 3.63) is 53.7 Å². The van der Waals surface area contributed by atoms with E-state index in [1.807, 2.05) is 4.90 Å². The lowest BCUT2D eigenvalue weighted by Crippen LogP contribution is -2.34. The van der Waals surface area contributed by atoms with Crippen molar-refractivity contribution in [3.63, 3.8) is 0 Å². The number of anilines is 2. The maximum atomic E-state index is 12.7. The Morgan fingerprint density at radius 1 is 1.15 bits per heavy atom. The van der Waals surface area contributed by atoms with Crippen LogP contribution in [0.4, 0.5) is 33.5 Å². The molecule has 1 aromatic carbocycles. The van der Waals surface area contributed by atoms with Gasteiger partial charge in [0.05, 0.1) is 30.1 Å². The van der Waals surface area contributed by atoms with Crippen molar-refractivity contribution in [1.29, 1.82) is 0 Å². The summed E-state index contributed by atoms with van der Waals surface area (Å²) in [6, 6.07) is 7.88. The summed E-state index contributed by atoms with van der Waals surface area (Å²) in [6.07, 6.45) is -2.47. The lowest BCUT2D eigenvalue weighted by Gasteiger charge is -2.25. The van der Waals surface area contributed by atoms with E-state index in [0.29, 0.717) is 30.0 Å². The summed E-state index contributed by atoms with van der Waals surface area (Å²) in [6.45, 7) is -2.67. The number of halogens is 5. The molecule has 1 aliphatic rings. The molecule has 1 aliphatic heterocycles. The van der Waals surface area contributed by atoms with Crippen LogP contribution in [-0.4, -0.2) is 30.8 Å². The predicted octanol–water partition coefficient (Wildman–Crippen LogP) is 4.28. The van der Waals surface area contributed by atoms with Crippen molar-refractivity contribution in [1.82, 2.24) is 4.98 Å². The lowest BCUT2D eigenvalue weighted by atomic mass is 9.95. The molecule has 27 heavy (non-hydrogen) atoms. The maximum Gasteiger partial charge on any atom is 0.416 e. The van der Waals surface area contributed by atoms with Crippen LogP contribution < -0.4 is 10.6 Å². The number of nitrogens with two attached hydrogens (primary N) is 1. The topological polar surface area (TPSA) is 51.4 Å². The first-order valence-electron chi connectivity index (χ1n) is 8.29. The molecular formula is C18H18F5N3O. The molecule has 1 aromatic heterocycles. The van der Waals surface area contributed by atoms with Gasteiger partial charge in [0, 0.05) is 12.5 Å². The summed E-state index contributed by atoms with van der Waals surface area (Å²) >= 11 is 0. The molecule has 0 aliphatic carbocycles. The molecule has 3 rings (SSSR count). The van der Waals surface area contributed by atoms with Crippen molar-refractivity contribution >= 4 is 11.5 Å². The summed E-state index contributed by atoms with van der Waals surface area (Å²) in [5, 5.41) is 0. The number of rotatable bonds is 5. The third-order valence-corrected chi connectivity index (χ3v) is 4.60. The van der Waals surface area contributed by atoms with Crippen LogP contribution in [0, 0.1) is 0 Å². The van der Waals surface area contributed by atoms with E-state index in [0.717, 1.165) is 12.1 Å². The number of alkyl halides is 5. The van der Waals surface area contributed by atoms with Gasteiger partial charge in [0.25, 0.3) is 0 Å². The second kappa shape index (κ2) is 7.67. The number of nitrogens with zero attached hydrogens (tertiary/aromatic N) is 2. The molecule has 2 aromatic rings. The fraction of sp³-hybridized carbons (Fsp3) is 0.389. The molecule has 0 radical (unpaired) electrons. The molecule has 0 spiro atoms. The maximum absolute atomic E-state index is 12.7. The Labute approximate surface area is 152 Å². The zero-order chi connectivity index (χ0) is 19.6. The Balaban J connectivity index is 1.80. The average molecular weight is 387 g/mol. The van der Waals surface area contributed by atoms with Crippen molar-refractivity contribution in [3.8, 4) is 0 Å². The largest absolute Gasteiger partial charge is 0.416 e. The fourth-order valence-corrected chi connectivity index (χ4v) is 3.29. The number of hydrogen-bond acceptors (Lipinski definition) is 4. The Morgan fingerprint density at radius 2 is 1.85 bits per heavy atom. The first kappa shape index (κ1) is 19.3. The van der Waals surface area contributed by atoms with E-state index in [-0.39, 0.29) is 18.6 Å². The number of benzene rings is 1. The summed E-state index contributed by atoms with van der Waals surface area (Å²) < 4.78 is 67.6. The van der Waals surface area contributed by atoms with Gasteiger partial charge < -0.3 is 15.4 Å². The molecule has 1 fully saturated rings. The third kappa shape index (κ3) is 4.65. The van der Waals surface area contributed by atoms with Crippen LogP contribution in [-0.2, 0) is 10.9 Å². The summed E-state index contributed by atoms with van der Waals surface area (Å²) in [5.74, 6) is 0.430. The SMILES string of the molecule is Nc1ccc(N2CC(c3ccc(C(F)(F)F)cc3)C[C@H]2COC(F)F)nc1. The van der Waals surface area contributed by atoms with Crippen LogP contribution in [0.3, 0.4) is 0 Å². The minimum atomic E-state index is -4.40. The zero-order valence-corrected chi connectivity index (χ0v) is 14.2. The van der Waals surface area contributed by atoms with Gasteiger partial charge in [-0.15, -0.1) is 0 Å². The van der Waals surface area contributed by atoms with Gasteiger partial charge in [-0.1, -0.05) is 12.1 Å². The summed E-state index contributed by atoms with van der Waals surface area (Å²) in [5.41, 5.74) is 6.09. The summed E-state index contributed by atoms with van der Waals surface area (Å²) in [4.78, 5) is 6.04. The Kier molecular flexibility index (Phi) is 5.50. The van der Waals surface area contributed by atoms with Crippen LogP contribution >= 0.6 is 0 Å². The molecule has 9 heteroatoms. The Hall–Kier alpha value is -2.42. The molecule has 1 saturated heterocycles. The zero-order valence-electron chi connectivity index (χ0n) is 14.2. The number of nitrogen functional groups attached to an aromatic ring is 1. The van der Waals surface area contributed by atoms with Crippen LogP contribution in [0.15, 0.2) is 42.6 Å². The second-order valence-corrected chi connectivity index (χ2v) is 6.40. The van der Waals surface area contributed by atoms with Gasteiger partial charge in [0.2, 0.25) is 0 Å². The molecule has 2 heterocycles. The molecule has 1 unspecified atom stereocenters. The lowest BCUT2D eigenvalue weighted by molar-refractivity contribution is -0.137. The van der Waals surface area contributed by atoms with Gasteiger partial charge in [0.15, 0.2) is 0 Å². The van der Waals surface area contributed by atoms with Gasteiger partial charge in [-0.3, -0.25) is 0 Å². The van der Waals surface area contributed by atoms with Gasteiger partial charge in [-0.05, 0) is 36.2 Å². The van der Waals surface area contributed by atoms with E-state index in [4.69, 9.17) is 5.73 Å². The van der Waals surface area contributed by atoms with Crippen molar-refractivity contribution < 1.29 is 26.7 Å². The second-order valence-electron chi connectivity index (χ2n) is 6.40. The van der Waals surface area contributed by atoms with Crippen LogP contribution in [0.5, 0.6) is 0 Å². The average Bonchev–Trinajstić information content (AvgIpc) is 3.04. The van der Waals surface area contributed by atoms with Gasteiger partial charge >= 0.3 is 12.8 Å². The molecule has 4 nitrogen and oxygen atoms in total. The molecule has 0 bridgehead atoms. The predicted molar refractivity (Wildman–Crippen MR) is 90.5 cm³/mol. The number of aromatic nitrogens is 1. The first-order chi connectivity index (χ1) is 12.7. The third-order valence-electron chi connectivity index (χ3n) is 4.60. The van der Waals surface area contributed by atoms with E-state index in [1.165, 1.54) is 18.3 Å². The highest BCUT2D eigenvalue weighted by Gasteiger charge is 2.35. The van der Waals surface area contributed by atoms with Crippen LogP contribution in [0.2, 0.25) is 0 Å². The number of hydrogen-bond donors (Lipinski definition) is 1. The van der Waals surface area contributed by atoms with E-state index in [9.17, 15) is 22.0 Å². The van der Waals surface area contributed by atoms with E-state index in [1.54, 1.807) is 12.1 Å². The Morgan fingerprint density at radius 3 is 2.41 bits per heavy atom. The highest BCUT2D eigenvalue weighted by molar-refractivity contribution is 5.48. The monoisotopic (exact) mass is 387 g/mol. The quantitative estimate of drug-likeness (QED) is 0.778. The highest BCUT2D eigenvalue weighted by Crippen LogP contribution is 2.36. The fourth-order valence-electron chi connectivity index (χ4n) is 3.29. The van der Waals surface area contributed by atoms with Crippen molar-refractivity contribution in [2.45, 2.75) is 31.2 Å². The van der Waals surface area contributed by atoms with E-state index >= 15 is 0 Å². The summed E-state index contributed by atoms with van der Waals surface area (Å²) in [7, 11) is 0. The van der Waals surface area contributed by atoms with Gasteiger partial charge in [0.1, 0.15) is 5.82 Å². The van der Waals surface area contributed by atoms with Crippen molar-refractivity contribution in [2.75, 3.05) is 23.8 Å². The Bertz CT molecular complexity index is 749. The van der Waals surface area contributed by atoms with E-state index < -0.39 is 18.4 Å². The first-order valence-corrected chi connectivity index (χ1v) is 8.29. The number of ether oxygens (including phenoxy) is 1. The van der Waals surface area contributed by atoms with Crippen LogP contribution in [0.25, 0.3) is 0 Å². The molecule has 2 N–H and O–H groups in total. The molecule has 146 valence electrons. The molecule has 2 atom stereocenters. The van der Waals surface area contributed by atoms with E-state index in [2.05, 4.69) is 9.72 Å². The highest BCUT2D eigenvalue weighted by atomic mass is 19.4. The molecule has 0 saturated carbocycles.